The lowest BCUT2D eigenvalue weighted by atomic mass is 10.0. The highest BCUT2D eigenvalue weighted by Crippen LogP contribution is 2.27. The van der Waals surface area contributed by atoms with Crippen LogP contribution in [0.2, 0.25) is 0 Å². The minimum Gasteiger partial charge on any atom is -0.0876 e. The van der Waals surface area contributed by atoms with Crippen LogP contribution in [0.15, 0.2) is 0 Å². The highest BCUT2D eigenvalue weighted by Gasteiger charge is 2.21. The van der Waals surface area contributed by atoms with Gasteiger partial charge in [-0.3, -0.25) is 0 Å². The molecule has 2 heteroatoms. The van der Waals surface area contributed by atoms with Crippen LogP contribution in [-0.4, -0.2) is 9.65 Å². The Morgan fingerprint density at radius 2 is 0.900 bits per heavy atom. The summed E-state index contributed by atoms with van der Waals surface area (Å²) in [5.41, 5.74) is 0. The largest absolute Gasteiger partial charge is 0.0876 e. The minimum atomic E-state index is 0.590. The Bertz CT molecular complexity index is 77.3. The van der Waals surface area contributed by atoms with Crippen molar-refractivity contribution in [2.24, 2.45) is 11.8 Å². The molecule has 0 aliphatic rings. The minimum absolute atomic E-state index is 0.590. The standard InChI is InChI=1S/C8H16Br2/c1-5(2)7(9)8(10)6(3)4/h5-8H,1-4H3/t7-,8-/m0/s1. The van der Waals surface area contributed by atoms with Crippen LogP contribution in [-0.2, 0) is 0 Å². The van der Waals surface area contributed by atoms with Crippen LogP contribution < -0.4 is 0 Å². The summed E-state index contributed by atoms with van der Waals surface area (Å²) >= 11 is 7.32. The summed E-state index contributed by atoms with van der Waals surface area (Å²) in [4.78, 5) is 1.18. The van der Waals surface area contributed by atoms with E-state index in [1.807, 2.05) is 0 Å². The maximum absolute atomic E-state index is 3.66. The molecule has 0 aromatic heterocycles. The fraction of sp³-hybridized carbons (Fsp3) is 1.00. The molecule has 0 radical (unpaired) electrons. The Morgan fingerprint density at radius 1 is 0.700 bits per heavy atom. The molecule has 0 nitrogen and oxygen atoms in total. The highest BCUT2D eigenvalue weighted by molar-refractivity contribution is 9.12. The van der Waals surface area contributed by atoms with Crippen molar-refractivity contribution in [2.45, 2.75) is 37.3 Å². The molecule has 0 N–H and O–H groups in total. The molecule has 0 saturated heterocycles. The molecule has 0 aliphatic carbocycles. The Morgan fingerprint density at radius 3 is 1.00 bits per heavy atom. The van der Waals surface area contributed by atoms with E-state index in [2.05, 4.69) is 59.6 Å². The Kier molecular flexibility index (Phi) is 5.22. The molecular formula is C8H16Br2. The van der Waals surface area contributed by atoms with E-state index in [0.717, 1.165) is 0 Å². The number of rotatable bonds is 3. The molecule has 62 valence electrons. The first-order valence-corrected chi connectivity index (χ1v) is 5.58. The summed E-state index contributed by atoms with van der Waals surface area (Å²) in [5.74, 6) is 1.40. The Hall–Kier alpha value is 0.960. The fourth-order valence-corrected chi connectivity index (χ4v) is 1.96. The fourth-order valence-electron chi connectivity index (χ4n) is 0.735. The van der Waals surface area contributed by atoms with Crippen LogP contribution in [0.25, 0.3) is 0 Å². The van der Waals surface area contributed by atoms with Crippen LogP contribution in [0, 0.1) is 11.8 Å². The van der Waals surface area contributed by atoms with Crippen LogP contribution >= 0.6 is 31.9 Å². The second kappa shape index (κ2) is 4.76. The third-order valence-electron chi connectivity index (χ3n) is 1.58. The van der Waals surface area contributed by atoms with Gasteiger partial charge in [0.15, 0.2) is 0 Å². The molecule has 0 aromatic carbocycles. The monoisotopic (exact) mass is 270 g/mol. The van der Waals surface area contributed by atoms with Gasteiger partial charge in [0.2, 0.25) is 0 Å². The lowest BCUT2D eigenvalue weighted by Gasteiger charge is -2.22. The zero-order chi connectivity index (χ0) is 8.31. The molecule has 0 fully saturated rings. The first-order valence-electron chi connectivity index (χ1n) is 3.75. The zero-order valence-corrected chi connectivity index (χ0v) is 10.2. The normalized spacial score (nSPS) is 18.0. The van der Waals surface area contributed by atoms with Crippen molar-refractivity contribution in [2.75, 3.05) is 0 Å². The molecule has 0 rings (SSSR count). The summed E-state index contributed by atoms with van der Waals surface area (Å²) < 4.78 is 0. The molecule has 2 atom stereocenters. The first kappa shape index (κ1) is 11.0. The average Bonchev–Trinajstić information content (AvgIpc) is 1.84. The van der Waals surface area contributed by atoms with Gasteiger partial charge in [-0.05, 0) is 11.8 Å². The van der Waals surface area contributed by atoms with Crippen LogP contribution in [0.4, 0.5) is 0 Å². The Balaban J connectivity index is 3.81. The van der Waals surface area contributed by atoms with Crippen LogP contribution in [0.3, 0.4) is 0 Å². The third kappa shape index (κ3) is 3.38. The quantitative estimate of drug-likeness (QED) is 0.685. The molecule has 0 heterocycles. The predicted molar refractivity (Wildman–Crippen MR) is 55.1 cm³/mol. The van der Waals surface area contributed by atoms with E-state index in [1.54, 1.807) is 0 Å². The lowest BCUT2D eigenvalue weighted by Crippen LogP contribution is -2.24. The summed E-state index contributed by atoms with van der Waals surface area (Å²) in [6.45, 7) is 8.93. The summed E-state index contributed by atoms with van der Waals surface area (Å²) in [5, 5.41) is 0. The van der Waals surface area contributed by atoms with Crippen molar-refractivity contribution in [3.63, 3.8) is 0 Å². The van der Waals surface area contributed by atoms with Gasteiger partial charge < -0.3 is 0 Å². The smallest absolute Gasteiger partial charge is 0.0296 e. The summed E-state index contributed by atoms with van der Waals surface area (Å²) in [7, 11) is 0. The van der Waals surface area contributed by atoms with Gasteiger partial charge >= 0.3 is 0 Å². The zero-order valence-electron chi connectivity index (χ0n) is 7.07. The van der Waals surface area contributed by atoms with Gasteiger partial charge in [-0.15, -0.1) is 0 Å². The number of alkyl halides is 2. The first-order chi connectivity index (χ1) is 4.46. The highest BCUT2D eigenvalue weighted by atomic mass is 79.9. The lowest BCUT2D eigenvalue weighted by molar-refractivity contribution is 0.516. The van der Waals surface area contributed by atoms with Gasteiger partial charge in [0.25, 0.3) is 0 Å². The van der Waals surface area contributed by atoms with Gasteiger partial charge in [-0.25, -0.2) is 0 Å². The molecule has 0 saturated carbocycles. The number of hydrogen-bond acceptors (Lipinski definition) is 0. The van der Waals surface area contributed by atoms with E-state index in [4.69, 9.17) is 0 Å². The van der Waals surface area contributed by atoms with E-state index >= 15 is 0 Å². The molecule has 0 unspecified atom stereocenters. The van der Waals surface area contributed by atoms with E-state index in [0.29, 0.717) is 21.5 Å². The van der Waals surface area contributed by atoms with Gasteiger partial charge in [-0.1, -0.05) is 59.6 Å². The summed E-state index contributed by atoms with van der Waals surface area (Å²) in [6.07, 6.45) is 0. The molecular weight excluding hydrogens is 256 g/mol. The molecule has 0 aromatic rings. The van der Waals surface area contributed by atoms with E-state index in [9.17, 15) is 0 Å². The number of hydrogen-bond donors (Lipinski definition) is 0. The van der Waals surface area contributed by atoms with Crippen LogP contribution in [0.5, 0.6) is 0 Å². The van der Waals surface area contributed by atoms with Gasteiger partial charge in [-0.2, -0.15) is 0 Å². The summed E-state index contributed by atoms with van der Waals surface area (Å²) in [6, 6.07) is 0. The second-order valence-corrected chi connectivity index (χ2v) is 5.49. The average molecular weight is 272 g/mol. The second-order valence-electron chi connectivity index (χ2n) is 3.38. The topological polar surface area (TPSA) is 0 Å². The van der Waals surface area contributed by atoms with Gasteiger partial charge in [0.05, 0.1) is 0 Å². The van der Waals surface area contributed by atoms with Crippen LogP contribution in [0.1, 0.15) is 27.7 Å². The molecule has 10 heavy (non-hydrogen) atoms. The van der Waals surface area contributed by atoms with Crippen molar-refractivity contribution in [1.29, 1.82) is 0 Å². The third-order valence-corrected chi connectivity index (χ3v) is 5.54. The maximum atomic E-state index is 3.66. The van der Waals surface area contributed by atoms with E-state index in [1.165, 1.54) is 0 Å². The van der Waals surface area contributed by atoms with E-state index < -0.39 is 0 Å². The molecule has 0 aliphatic heterocycles. The van der Waals surface area contributed by atoms with Crippen molar-refractivity contribution >= 4 is 31.9 Å². The van der Waals surface area contributed by atoms with Crippen molar-refractivity contribution in [3.8, 4) is 0 Å². The number of halogens is 2. The SMILES string of the molecule is CC(C)[C@H](Br)[C@@H](Br)C(C)C. The van der Waals surface area contributed by atoms with Crippen molar-refractivity contribution in [1.82, 2.24) is 0 Å². The Labute approximate surface area is 81.0 Å². The van der Waals surface area contributed by atoms with E-state index in [-0.39, 0.29) is 0 Å². The maximum Gasteiger partial charge on any atom is 0.0296 e. The predicted octanol–water partition coefficient (Wildman–Crippen LogP) is 3.83. The molecule has 0 amide bonds. The molecule has 0 spiro atoms. The van der Waals surface area contributed by atoms with Crippen molar-refractivity contribution in [3.05, 3.63) is 0 Å². The van der Waals surface area contributed by atoms with Gasteiger partial charge in [0.1, 0.15) is 0 Å². The van der Waals surface area contributed by atoms with Crippen molar-refractivity contribution < 1.29 is 0 Å². The molecule has 0 bridgehead atoms. The van der Waals surface area contributed by atoms with Gasteiger partial charge in [0, 0.05) is 9.65 Å².